The molecule has 70 valence electrons. The molecule has 0 radical (unpaired) electrons. The van der Waals surface area contributed by atoms with Gasteiger partial charge in [-0.25, -0.2) is 0 Å². The van der Waals surface area contributed by atoms with Crippen LogP contribution in [-0.4, -0.2) is 12.3 Å². The number of rotatable bonds is 3. The largest absolute Gasteiger partial charge is 0.330 e. The molecule has 1 rings (SSSR count). The molecule has 0 aliphatic carbocycles. The maximum Gasteiger partial charge on any atom is 0.164 e. The van der Waals surface area contributed by atoms with Gasteiger partial charge in [0.05, 0.1) is 0 Å². The zero-order valence-electron chi connectivity index (χ0n) is 8.13. The molecule has 0 spiro atoms. The van der Waals surface area contributed by atoms with Gasteiger partial charge in [-0.15, -0.1) is 0 Å². The highest BCUT2D eigenvalue weighted by molar-refractivity contribution is 5.97. The first-order valence-corrected chi connectivity index (χ1v) is 4.46. The number of hydrogen-bond acceptors (Lipinski definition) is 2. The second-order valence-electron chi connectivity index (χ2n) is 3.21. The van der Waals surface area contributed by atoms with Crippen LogP contribution in [0.1, 0.15) is 27.9 Å². The lowest BCUT2D eigenvalue weighted by atomic mass is 9.99. The normalized spacial score (nSPS) is 10.1. The van der Waals surface area contributed by atoms with E-state index in [1.54, 1.807) is 0 Å². The van der Waals surface area contributed by atoms with Gasteiger partial charge >= 0.3 is 0 Å². The van der Waals surface area contributed by atoms with Crippen LogP contribution in [0.25, 0.3) is 0 Å². The van der Waals surface area contributed by atoms with Crippen LogP contribution < -0.4 is 5.73 Å². The Bertz CT molecular complexity index is 318. The lowest BCUT2D eigenvalue weighted by Gasteiger charge is -2.06. The van der Waals surface area contributed by atoms with Crippen LogP contribution >= 0.6 is 0 Å². The maximum atomic E-state index is 11.5. The summed E-state index contributed by atoms with van der Waals surface area (Å²) in [6, 6.07) is 5.78. The number of carbonyl (C=O) groups excluding carboxylic acids is 1. The quantitative estimate of drug-likeness (QED) is 0.716. The van der Waals surface area contributed by atoms with Crippen LogP contribution in [0.5, 0.6) is 0 Å². The van der Waals surface area contributed by atoms with Gasteiger partial charge in [0, 0.05) is 12.0 Å². The highest BCUT2D eigenvalue weighted by Gasteiger charge is 2.08. The van der Waals surface area contributed by atoms with E-state index in [1.807, 2.05) is 32.0 Å². The summed E-state index contributed by atoms with van der Waals surface area (Å²) in [5.74, 6) is 0.142. The van der Waals surface area contributed by atoms with Crippen molar-refractivity contribution in [2.45, 2.75) is 20.3 Å². The van der Waals surface area contributed by atoms with Crippen molar-refractivity contribution >= 4 is 5.78 Å². The predicted molar refractivity (Wildman–Crippen MR) is 53.9 cm³/mol. The van der Waals surface area contributed by atoms with Crippen molar-refractivity contribution in [3.63, 3.8) is 0 Å². The van der Waals surface area contributed by atoms with E-state index in [-0.39, 0.29) is 5.78 Å². The molecule has 0 saturated carbocycles. The molecule has 0 unspecified atom stereocenters. The Hall–Kier alpha value is -1.15. The molecule has 2 nitrogen and oxygen atoms in total. The molecule has 1 aromatic carbocycles. The molecule has 0 aromatic heterocycles. The smallest absolute Gasteiger partial charge is 0.164 e. The van der Waals surface area contributed by atoms with Crippen molar-refractivity contribution in [1.82, 2.24) is 0 Å². The molecule has 0 amide bonds. The summed E-state index contributed by atoms with van der Waals surface area (Å²) >= 11 is 0. The van der Waals surface area contributed by atoms with Gasteiger partial charge in [0.2, 0.25) is 0 Å². The van der Waals surface area contributed by atoms with Crippen molar-refractivity contribution < 1.29 is 4.79 Å². The first-order valence-electron chi connectivity index (χ1n) is 4.46. The van der Waals surface area contributed by atoms with Crippen molar-refractivity contribution in [2.75, 3.05) is 6.54 Å². The summed E-state index contributed by atoms with van der Waals surface area (Å²) in [6.45, 7) is 4.40. The topological polar surface area (TPSA) is 43.1 Å². The zero-order chi connectivity index (χ0) is 9.84. The minimum Gasteiger partial charge on any atom is -0.330 e. The fourth-order valence-electron chi connectivity index (χ4n) is 1.32. The Morgan fingerprint density at radius 1 is 1.38 bits per heavy atom. The SMILES string of the molecule is Cc1cccc(C(=O)CCN)c1C. The number of benzene rings is 1. The van der Waals surface area contributed by atoms with Gasteiger partial charge in [0.15, 0.2) is 5.78 Å². The van der Waals surface area contributed by atoms with Crippen LogP contribution in [0.3, 0.4) is 0 Å². The molecule has 0 fully saturated rings. The summed E-state index contributed by atoms with van der Waals surface area (Å²) < 4.78 is 0. The monoisotopic (exact) mass is 177 g/mol. The molecule has 0 atom stereocenters. The molecule has 13 heavy (non-hydrogen) atoms. The molecule has 2 N–H and O–H groups in total. The molecular formula is C11H15NO. The predicted octanol–water partition coefficient (Wildman–Crippen LogP) is 1.83. The van der Waals surface area contributed by atoms with E-state index in [9.17, 15) is 4.79 Å². The molecule has 0 bridgehead atoms. The van der Waals surface area contributed by atoms with Crippen LogP contribution in [0.15, 0.2) is 18.2 Å². The zero-order valence-corrected chi connectivity index (χ0v) is 8.13. The van der Waals surface area contributed by atoms with Gasteiger partial charge in [0.25, 0.3) is 0 Å². The number of Topliss-reactive ketones (excluding diaryl/α,β-unsaturated/α-hetero) is 1. The highest BCUT2D eigenvalue weighted by atomic mass is 16.1. The summed E-state index contributed by atoms with van der Waals surface area (Å²) in [6.07, 6.45) is 0.435. The minimum absolute atomic E-state index is 0.142. The number of ketones is 1. The highest BCUT2D eigenvalue weighted by Crippen LogP contribution is 2.14. The first kappa shape index (κ1) is 9.93. The summed E-state index contributed by atoms with van der Waals surface area (Å²) in [5, 5.41) is 0. The molecule has 1 aromatic rings. The van der Waals surface area contributed by atoms with Crippen LogP contribution in [0.2, 0.25) is 0 Å². The first-order chi connectivity index (χ1) is 6.16. The third kappa shape index (κ3) is 2.16. The number of aryl methyl sites for hydroxylation is 1. The Labute approximate surface area is 78.8 Å². The Kier molecular flexibility index (Phi) is 3.20. The van der Waals surface area contributed by atoms with Gasteiger partial charge < -0.3 is 5.73 Å². The van der Waals surface area contributed by atoms with Crippen molar-refractivity contribution in [1.29, 1.82) is 0 Å². The van der Waals surface area contributed by atoms with Gasteiger partial charge in [-0.1, -0.05) is 18.2 Å². The third-order valence-corrected chi connectivity index (χ3v) is 2.28. The molecule has 0 aliphatic heterocycles. The van der Waals surface area contributed by atoms with Crippen molar-refractivity contribution in [3.8, 4) is 0 Å². The second-order valence-corrected chi connectivity index (χ2v) is 3.21. The number of nitrogens with two attached hydrogens (primary N) is 1. The summed E-state index contributed by atoms with van der Waals surface area (Å²) in [5.41, 5.74) is 8.37. The summed E-state index contributed by atoms with van der Waals surface area (Å²) in [4.78, 5) is 11.5. The Balaban J connectivity index is 3.01. The van der Waals surface area contributed by atoms with E-state index in [0.29, 0.717) is 13.0 Å². The number of carbonyl (C=O) groups is 1. The van der Waals surface area contributed by atoms with E-state index in [1.165, 1.54) is 0 Å². The van der Waals surface area contributed by atoms with Gasteiger partial charge in [-0.3, -0.25) is 4.79 Å². The molecular weight excluding hydrogens is 162 g/mol. The summed E-state index contributed by atoms with van der Waals surface area (Å²) in [7, 11) is 0. The number of hydrogen-bond donors (Lipinski definition) is 1. The fraction of sp³-hybridized carbons (Fsp3) is 0.364. The van der Waals surface area contributed by atoms with Crippen molar-refractivity contribution in [3.05, 3.63) is 34.9 Å². The van der Waals surface area contributed by atoms with Crippen molar-refractivity contribution in [2.24, 2.45) is 5.73 Å². The minimum atomic E-state index is 0.142. The maximum absolute atomic E-state index is 11.5. The third-order valence-electron chi connectivity index (χ3n) is 2.28. The fourth-order valence-corrected chi connectivity index (χ4v) is 1.32. The van der Waals surface area contributed by atoms with Gasteiger partial charge in [-0.05, 0) is 31.5 Å². The lowest BCUT2D eigenvalue weighted by Crippen LogP contribution is -2.09. The average Bonchev–Trinajstić information content (AvgIpc) is 2.10. The van der Waals surface area contributed by atoms with Crippen LogP contribution in [-0.2, 0) is 0 Å². The molecule has 0 aliphatic rings. The average molecular weight is 177 g/mol. The molecule has 0 saturated heterocycles. The van der Waals surface area contributed by atoms with Gasteiger partial charge in [0.1, 0.15) is 0 Å². The Morgan fingerprint density at radius 2 is 2.08 bits per heavy atom. The van der Waals surface area contributed by atoms with Crippen LogP contribution in [0.4, 0.5) is 0 Å². The molecule has 0 heterocycles. The van der Waals surface area contributed by atoms with E-state index in [0.717, 1.165) is 16.7 Å². The van der Waals surface area contributed by atoms with E-state index in [2.05, 4.69) is 0 Å². The standard InChI is InChI=1S/C11H15NO/c1-8-4-3-5-10(9(8)2)11(13)6-7-12/h3-5H,6-7,12H2,1-2H3. The van der Waals surface area contributed by atoms with E-state index in [4.69, 9.17) is 5.73 Å². The van der Waals surface area contributed by atoms with E-state index < -0.39 is 0 Å². The molecule has 2 heteroatoms. The lowest BCUT2D eigenvalue weighted by molar-refractivity contribution is 0.0985. The van der Waals surface area contributed by atoms with Gasteiger partial charge in [-0.2, -0.15) is 0 Å². The second kappa shape index (κ2) is 4.19. The van der Waals surface area contributed by atoms with Crippen LogP contribution in [0, 0.1) is 13.8 Å². The van der Waals surface area contributed by atoms with E-state index >= 15 is 0 Å². The Morgan fingerprint density at radius 3 is 2.69 bits per heavy atom.